The number of carbonyl (C=O) groups is 1. The van der Waals surface area contributed by atoms with Crippen molar-refractivity contribution in [3.05, 3.63) is 17.0 Å². The van der Waals surface area contributed by atoms with Gasteiger partial charge in [-0.25, -0.2) is 4.79 Å². The fourth-order valence-electron chi connectivity index (χ4n) is 1.05. The van der Waals surface area contributed by atoms with Crippen LogP contribution in [-0.2, 0) is 5.41 Å². The molecular formula is C9H10N2O3. The molecule has 1 heterocycles. The highest BCUT2D eigenvalue weighted by Gasteiger charge is 2.28. The maximum absolute atomic E-state index is 10.6. The van der Waals surface area contributed by atoms with Crippen molar-refractivity contribution in [2.75, 3.05) is 0 Å². The Bertz CT molecular complexity index is 407. The summed E-state index contributed by atoms with van der Waals surface area (Å²) < 4.78 is 4.60. The summed E-state index contributed by atoms with van der Waals surface area (Å²) >= 11 is 0. The normalized spacial score (nSPS) is 11.0. The maximum atomic E-state index is 10.6. The van der Waals surface area contributed by atoms with Crippen molar-refractivity contribution in [2.24, 2.45) is 0 Å². The third-order valence-corrected chi connectivity index (χ3v) is 1.71. The van der Waals surface area contributed by atoms with Crippen LogP contribution in [0, 0.1) is 11.3 Å². The van der Waals surface area contributed by atoms with Gasteiger partial charge >= 0.3 is 5.97 Å². The quantitative estimate of drug-likeness (QED) is 0.732. The van der Waals surface area contributed by atoms with Crippen molar-refractivity contribution in [2.45, 2.75) is 26.2 Å². The van der Waals surface area contributed by atoms with Gasteiger partial charge in [0, 0.05) is 5.41 Å². The first-order chi connectivity index (χ1) is 6.38. The Morgan fingerprint density at radius 3 is 2.50 bits per heavy atom. The van der Waals surface area contributed by atoms with Gasteiger partial charge in [-0.15, -0.1) is 0 Å². The second kappa shape index (κ2) is 3.14. The number of hydrogen-bond donors (Lipinski definition) is 1. The van der Waals surface area contributed by atoms with Crippen LogP contribution in [0.25, 0.3) is 0 Å². The van der Waals surface area contributed by atoms with E-state index in [0.29, 0.717) is 5.69 Å². The summed E-state index contributed by atoms with van der Waals surface area (Å²) in [4.78, 5) is 10.6. The fourth-order valence-corrected chi connectivity index (χ4v) is 1.05. The second-order valence-electron chi connectivity index (χ2n) is 3.90. The van der Waals surface area contributed by atoms with E-state index in [1.165, 1.54) is 0 Å². The van der Waals surface area contributed by atoms with Crippen molar-refractivity contribution in [1.82, 2.24) is 5.16 Å². The predicted molar refractivity (Wildman–Crippen MR) is 46.9 cm³/mol. The molecule has 0 unspecified atom stereocenters. The molecule has 0 spiro atoms. The molecule has 0 amide bonds. The van der Waals surface area contributed by atoms with Crippen LogP contribution in [0.4, 0.5) is 0 Å². The Morgan fingerprint density at radius 1 is 1.57 bits per heavy atom. The van der Waals surface area contributed by atoms with Gasteiger partial charge in [-0.2, -0.15) is 5.26 Å². The lowest BCUT2D eigenvalue weighted by Gasteiger charge is -2.13. The van der Waals surface area contributed by atoms with Crippen molar-refractivity contribution in [1.29, 1.82) is 5.26 Å². The number of nitrogens with zero attached hydrogens (tertiary/aromatic N) is 2. The molecule has 0 aliphatic carbocycles. The Hall–Kier alpha value is -1.83. The van der Waals surface area contributed by atoms with Crippen LogP contribution >= 0.6 is 0 Å². The minimum absolute atomic E-state index is 0.00463. The molecule has 1 N–H and O–H groups in total. The summed E-state index contributed by atoms with van der Waals surface area (Å²) in [5.41, 5.74) is -0.0233. The van der Waals surface area contributed by atoms with Gasteiger partial charge in [0.05, 0.1) is 0 Å². The molecule has 14 heavy (non-hydrogen) atoms. The molecule has 0 fully saturated rings. The lowest BCUT2D eigenvalue weighted by molar-refractivity contribution is 0.0651. The van der Waals surface area contributed by atoms with Crippen molar-refractivity contribution in [3.63, 3.8) is 0 Å². The molecule has 0 radical (unpaired) electrons. The number of aromatic carboxylic acids is 1. The van der Waals surface area contributed by atoms with Crippen LogP contribution in [0.2, 0.25) is 0 Å². The SMILES string of the molecule is CC(C)(C)c1noc(C(=O)O)c1C#N. The fraction of sp³-hybridized carbons (Fsp3) is 0.444. The number of rotatable bonds is 1. The van der Waals surface area contributed by atoms with E-state index in [1.807, 2.05) is 20.8 Å². The Morgan fingerprint density at radius 2 is 2.14 bits per heavy atom. The number of nitriles is 1. The van der Waals surface area contributed by atoms with Gasteiger partial charge in [0.1, 0.15) is 17.3 Å². The highest BCUT2D eigenvalue weighted by atomic mass is 16.5. The summed E-state index contributed by atoms with van der Waals surface area (Å²) in [5, 5.41) is 21.1. The highest BCUT2D eigenvalue weighted by molar-refractivity contribution is 5.87. The van der Waals surface area contributed by atoms with Crippen LogP contribution in [0.1, 0.15) is 42.6 Å². The summed E-state index contributed by atoms with van der Waals surface area (Å²) in [5.74, 6) is -1.66. The molecular weight excluding hydrogens is 184 g/mol. The molecule has 0 saturated carbocycles. The molecule has 5 heteroatoms. The van der Waals surface area contributed by atoms with Gasteiger partial charge in [0.15, 0.2) is 0 Å². The van der Waals surface area contributed by atoms with E-state index in [9.17, 15) is 4.79 Å². The molecule has 0 aliphatic rings. The summed E-state index contributed by atoms with van der Waals surface area (Å²) in [6.45, 7) is 5.49. The third kappa shape index (κ3) is 1.59. The molecule has 0 aromatic carbocycles. The third-order valence-electron chi connectivity index (χ3n) is 1.71. The lowest BCUT2D eigenvalue weighted by Crippen LogP contribution is -2.14. The minimum Gasteiger partial charge on any atom is -0.475 e. The molecule has 0 aliphatic heterocycles. The van der Waals surface area contributed by atoms with Gasteiger partial charge < -0.3 is 9.63 Å². The van der Waals surface area contributed by atoms with Crippen molar-refractivity contribution < 1.29 is 14.4 Å². The van der Waals surface area contributed by atoms with E-state index in [2.05, 4.69) is 9.68 Å². The smallest absolute Gasteiger partial charge is 0.376 e. The molecule has 1 rings (SSSR count). The average Bonchev–Trinajstić information content (AvgIpc) is 2.45. The maximum Gasteiger partial charge on any atom is 0.376 e. The standard InChI is InChI=1S/C9H10N2O3/c1-9(2,3)7-5(4-10)6(8(12)13)14-11-7/h1-3H3,(H,12,13). The van der Waals surface area contributed by atoms with E-state index >= 15 is 0 Å². The average molecular weight is 194 g/mol. The zero-order valence-corrected chi connectivity index (χ0v) is 8.16. The molecule has 0 atom stereocenters. The topological polar surface area (TPSA) is 87.1 Å². The number of carboxylic acids is 1. The largest absolute Gasteiger partial charge is 0.475 e. The Balaban J connectivity index is 3.37. The first-order valence-corrected chi connectivity index (χ1v) is 4.01. The summed E-state index contributed by atoms with van der Waals surface area (Å²) in [6.07, 6.45) is 0. The predicted octanol–water partition coefficient (Wildman–Crippen LogP) is 1.54. The van der Waals surface area contributed by atoms with Crippen LogP contribution < -0.4 is 0 Å². The van der Waals surface area contributed by atoms with E-state index in [0.717, 1.165) is 0 Å². The first kappa shape index (κ1) is 10.3. The Labute approximate surface area is 80.9 Å². The van der Waals surface area contributed by atoms with Crippen LogP contribution in [-0.4, -0.2) is 16.2 Å². The van der Waals surface area contributed by atoms with E-state index in [-0.39, 0.29) is 5.56 Å². The van der Waals surface area contributed by atoms with E-state index in [1.54, 1.807) is 6.07 Å². The number of carboxylic acid groups (broad SMARTS) is 1. The minimum atomic E-state index is -1.27. The highest BCUT2D eigenvalue weighted by Crippen LogP contribution is 2.26. The lowest BCUT2D eigenvalue weighted by atomic mass is 9.89. The van der Waals surface area contributed by atoms with Crippen molar-refractivity contribution in [3.8, 4) is 6.07 Å². The molecule has 0 bridgehead atoms. The number of hydrogen-bond acceptors (Lipinski definition) is 4. The number of aromatic nitrogens is 1. The zero-order valence-electron chi connectivity index (χ0n) is 8.16. The molecule has 74 valence electrons. The Kier molecular flexibility index (Phi) is 2.30. The van der Waals surface area contributed by atoms with E-state index < -0.39 is 17.1 Å². The van der Waals surface area contributed by atoms with Crippen LogP contribution in [0.15, 0.2) is 4.52 Å². The molecule has 1 aromatic heterocycles. The van der Waals surface area contributed by atoms with Crippen molar-refractivity contribution >= 4 is 5.97 Å². The van der Waals surface area contributed by atoms with Gasteiger partial charge in [0.25, 0.3) is 5.76 Å². The summed E-state index contributed by atoms with van der Waals surface area (Å²) in [6, 6.07) is 1.79. The molecule has 1 aromatic rings. The van der Waals surface area contributed by atoms with Gasteiger partial charge in [0.2, 0.25) is 0 Å². The van der Waals surface area contributed by atoms with Crippen LogP contribution in [0.3, 0.4) is 0 Å². The van der Waals surface area contributed by atoms with Crippen LogP contribution in [0.5, 0.6) is 0 Å². The molecule has 0 saturated heterocycles. The zero-order chi connectivity index (χ0) is 10.9. The summed E-state index contributed by atoms with van der Waals surface area (Å²) in [7, 11) is 0. The van der Waals surface area contributed by atoms with Gasteiger partial charge in [-0.05, 0) is 0 Å². The van der Waals surface area contributed by atoms with Gasteiger partial charge in [-0.3, -0.25) is 0 Å². The van der Waals surface area contributed by atoms with Gasteiger partial charge in [-0.1, -0.05) is 25.9 Å². The monoisotopic (exact) mass is 194 g/mol. The van der Waals surface area contributed by atoms with E-state index in [4.69, 9.17) is 10.4 Å². The second-order valence-corrected chi connectivity index (χ2v) is 3.90. The molecule has 5 nitrogen and oxygen atoms in total. The first-order valence-electron chi connectivity index (χ1n) is 4.01.